The van der Waals surface area contributed by atoms with Crippen molar-refractivity contribution in [2.45, 2.75) is 128 Å². The molecule has 0 unspecified atom stereocenters. The lowest BCUT2D eigenvalue weighted by Crippen LogP contribution is -2.24. The Kier molecular flexibility index (Phi) is 15.6. The molecule has 8 rings (SSSR count). The number of carbonyl (C=O) groups is 1. The number of phenolic OH excluding ortho intramolecular Hbond substituents is 1. The van der Waals surface area contributed by atoms with Crippen molar-refractivity contribution in [3.63, 3.8) is 0 Å². The van der Waals surface area contributed by atoms with Crippen molar-refractivity contribution in [2.75, 3.05) is 19.0 Å². The van der Waals surface area contributed by atoms with Crippen LogP contribution in [0.4, 0.5) is 5.69 Å². The van der Waals surface area contributed by atoms with Gasteiger partial charge in [0.05, 0.1) is 19.1 Å². The Bertz CT molecular complexity index is 2380. The molecule has 8 nitrogen and oxygen atoms in total. The topological polar surface area (TPSA) is 117 Å². The van der Waals surface area contributed by atoms with Gasteiger partial charge in [-0.15, -0.1) is 0 Å². The molecule has 2 aliphatic carbocycles. The fourth-order valence-corrected chi connectivity index (χ4v) is 9.48. The smallest absolute Gasteiger partial charge is 0.161 e. The highest BCUT2D eigenvalue weighted by molar-refractivity contribution is 6.00. The molecule has 0 fully saturated rings. The van der Waals surface area contributed by atoms with Gasteiger partial charge in [0.1, 0.15) is 36.1 Å². The van der Waals surface area contributed by atoms with Gasteiger partial charge in [0.15, 0.2) is 11.5 Å². The van der Waals surface area contributed by atoms with Crippen molar-refractivity contribution < 1.29 is 34.3 Å². The first-order chi connectivity index (χ1) is 30.6. The molecule has 4 N–H and O–H groups in total. The number of ether oxygens (including phenoxy) is 3. The quantitative estimate of drug-likeness (QED) is 0.0690. The van der Waals surface area contributed by atoms with Crippen LogP contribution in [0.1, 0.15) is 130 Å². The molecule has 0 saturated heterocycles. The molecular weight excluding hydrogens is 787 g/mol. The molecule has 4 aromatic carbocycles. The van der Waals surface area contributed by atoms with E-state index in [1.165, 1.54) is 5.56 Å². The first-order valence-corrected chi connectivity index (χ1v) is 23.2. The zero-order valence-electron chi connectivity index (χ0n) is 37.5. The summed E-state index contributed by atoms with van der Waals surface area (Å²) in [6.45, 7) is 6.95. The second kappa shape index (κ2) is 21.6. The number of carbonyl (C=O) groups excluding carboxylic acids is 1. The van der Waals surface area contributed by atoms with E-state index in [9.17, 15) is 20.1 Å². The number of aliphatic hydroxyl groups excluding tert-OH is 2. The fraction of sp³-hybridized carbons (Fsp3) is 0.436. The average Bonchev–Trinajstić information content (AvgIpc) is 3.27. The fourth-order valence-electron chi connectivity index (χ4n) is 9.48. The Labute approximate surface area is 374 Å². The number of anilines is 1. The van der Waals surface area contributed by atoms with Crippen molar-refractivity contribution in [3.05, 3.63) is 124 Å². The lowest BCUT2D eigenvalue weighted by molar-refractivity contribution is -0.121. The van der Waals surface area contributed by atoms with Gasteiger partial charge in [0.2, 0.25) is 0 Å². The number of aryl methyl sites for hydroxylation is 2. The molecule has 2 aliphatic heterocycles. The molecule has 63 heavy (non-hydrogen) atoms. The van der Waals surface area contributed by atoms with Crippen LogP contribution in [0.25, 0.3) is 16.8 Å². The van der Waals surface area contributed by atoms with Crippen LogP contribution in [-0.2, 0) is 29.0 Å². The van der Waals surface area contributed by atoms with Gasteiger partial charge in [0, 0.05) is 36.6 Å². The number of fused-ring (bicyclic) bond motifs is 9. The number of Topliss-reactive ketones (excluding diaryl/α,β-unsaturated/α-hetero) is 1. The molecule has 0 spiro atoms. The lowest BCUT2D eigenvalue weighted by Gasteiger charge is -2.28. The number of rotatable bonds is 15. The largest absolute Gasteiger partial charge is 0.508 e. The van der Waals surface area contributed by atoms with Gasteiger partial charge in [-0.2, -0.15) is 0 Å². The van der Waals surface area contributed by atoms with Crippen LogP contribution in [0.3, 0.4) is 0 Å². The van der Waals surface area contributed by atoms with Gasteiger partial charge in [-0.1, -0.05) is 94.0 Å². The number of aliphatic hydroxyl groups is 2. The Morgan fingerprint density at radius 1 is 0.952 bits per heavy atom. The summed E-state index contributed by atoms with van der Waals surface area (Å²) < 4.78 is 18.7. The number of hydrogen-bond donors (Lipinski definition) is 4. The predicted molar refractivity (Wildman–Crippen MR) is 253 cm³/mol. The van der Waals surface area contributed by atoms with Crippen molar-refractivity contribution in [2.24, 2.45) is 11.8 Å². The summed E-state index contributed by atoms with van der Waals surface area (Å²) in [5.41, 5.74) is 7.25. The summed E-state index contributed by atoms with van der Waals surface area (Å²) in [6, 6.07) is 20.4. The van der Waals surface area contributed by atoms with E-state index in [4.69, 9.17) is 14.2 Å². The van der Waals surface area contributed by atoms with E-state index < -0.39 is 12.2 Å². The molecule has 332 valence electrons. The number of unbranched alkanes of at least 4 members (excludes halogenated alkanes) is 3. The molecule has 4 aliphatic rings. The van der Waals surface area contributed by atoms with E-state index in [1.54, 1.807) is 20.1 Å². The molecule has 0 aromatic heterocycles. The van der Waals surface area contributed by atoms with Crippen LogP contribution in [-0.4, -0.2) is 47.0 Å². The lowest BCUT2D eigenvalue weighted by atomic mass is 9.80. The number of benzene rings is 4. The van der Waals surface area contributed by atoms with Gasteiger partial charge in [-0.05, 0) is 138 Å². The molecule has 2 heterocycles. The van der Waals surface area contributed by atoms with E-state index in [2.05, 4.69) is 79.8 Å². The minimum Gasteiger partial charge on any atom is -0.508 e. The summed E-state index contributed by atoms with van der Waals surface area (Å²) in [4.78, 5) is 13.9. The van der Waals surface area contributed by atoms with Crippen LogP contribution >= 0.6 is 0 Å². The number of methoxy groups -OCH3 is 1. The van der Waals surface area contributed by atoms with Crippen LogP contribution in [0.5, 0.6) is 17.2 Å². The summed E-state index contributed by atoms with van der Waals surface area (Å²) in [6.07, 6.45) is 21.6. The van der Waals surface area contributed by atoms with E-state index in [0.717, 1.165) is 95.6 Å². The third-order valence-electron chi connectivity index (χ3n) is 13.0. The molecule has 0 saturated carbocycles. The molecule has 8 heteroatoms. The SMILES string of the molecule is CCCCC[C@@H]1C#CO[C@@H](C[C@H]2C=C(O)C=C[C@H]2CCCCc2cccc(NC[C@H](C)O)c2)CC(=O)CCc2ccc(OC)c(c2)OCc2ccc3c1c(O)cc1c3c2C=C[C@H]1C. The third-order valence-corrected chi connectivity index (χ3v) is 13.0. The van der Waals surface area contributed by atoms with Crippen LogP contribution in [0.2, 0.25) is 0 Å². The van der Waals surface area contributed by atoms with E-state index in [0.29, 0.717) is 43.9 Å². The van der Waals surface area contributed by atoms with E-state index >= 15 is 0 Å². The molecular formula is C55H65NO7. The van der Waals surface area contributed by atoms with Gasteiger partial charge >= 0.3 is 0 Å². The highest BCUT2D eigenvalue weighted by atomic mass is 16.5. The van der Waals surface area contributed by atoms with Gasteiger partial charge in [-0.3, -0.25) is 4.79 Å². The first-order valence-electron chi connectivity index (χ1n) is 23.2. The zero-order chi connectivity index (χ0) is 44.3. The first kappa shape index (κ1) is 45.4. The maximum absolute atomic E-state index is 13.9. The number of allylic oxidation sites excluding steroid dienone is 4. The van der Waals surface area contributed by atoms with Crippen LogP contribution < -0.4 is 14.8 Å². The third kappa shape index (κ3) is 11.7. The van der Waals surface area contributed by atoms with Crippen molar-refractivity contribution >= 4 is 28.3 Å². The second-order valence-corrected chi connectivity index (χ2v) is 17.8. The molecule has 6 atom stereocenters. The summed E-state index contributed by atoms with van der Waals surface area (Å²) in [7, 11) is 1.64. The second-order valence-electron chi connectivity index (χ2n) is 17.8. The standard InChI is InChI=1S/C55H65NO7/c1-5-6-7-14-41-26-27-62-47(31-43-30-45(58)22-19-40(43)13-9-8-11-38-12-10-15-44(28-38)56-34-37(3)57)32-46(59)21-17-39-18-25-52(61-4)53(29-39)63-35-42-20-24-49-54(41)51(60)33-50-36(2)16-23-48(42)55(49)50/h10,12,15-16,18-20,22-25,28-30,33,36-37,40-41,43,47,56-58,60H,5-9,11,13-14,17,21,31-32,34-35H2,1-4H3/t36-,37+,40-,41-,43-,47+/m1/s1. The highest BCUT2D eigenvalue weighted by Gasteiger charge is 2.28. The minimum absolute atomic E-state index is 0.0420. The van der Waals surface area contributed by atoms with Crippen molar-refractivity contribution in [1.29, 1.82) is 0 Å². The number of nitrogens with one attached hydrogen (secondary N) is 1. The van der Waals surface area contributed by atoms with Crippen LogP contribution in [0, 0.1) is 23.9 Å². The Hall–Kier alpha value is -5.65. The van der Waals surface area contributed by atoms with Crippen molar-refractivity contribution in [3.8, 4) is 29.3 Å². The molecule has 0 radical (unpaired) electrons. The highest BCUT2D eigenvalue weighted by Crippen LogP contribution is 2.45. The van der Waals surface area contributed by atoms with Crippen LogP contribution in [0.15, 0.2) is 90.7 Å². The van der Waals surface area contributed by atoms with Gasteiger partial charge in [-0.25, -0.2) is 0 Å². The zero-order valence-corrected chi connectivity index (χ0v) is 37.5. The number of aromatic hydroxyl groups is 1. The maximum Gasteiger partial charge on any atom is 0.161 e. The molecule has 0 amide bonds. The molecule has 4 aromatic rings. The van der Waals surface area contributed by atoms with Crippen molar-refractivity contribution in [1.82, 2.24) is 0 Å². The van der Waals surface area contributed by atoms with E-state index in [-0.39, 0.29) is 47.4 Å². The Balaban J connectivity index is 1.17. The maximum atomic E-state index is 13.9. The molecule has 6 bridgehead atoms. The van der Waals surface area contributed by atoms with E-state index in [1.807, 2.05) is 36.4 Å². The number of hydrogen-bond acceptors (Lipinski definition) is 8. The number of phenols is 1. The number of ketones is 1. The van der Waals surface area contributed by atoms with Gasteiger partial charge in [0.25, 0.3) is 0 Å². The summed E-state index contributed by atoms with van der Waals surface area (Å²) in [5.74, 6) is 5.21. The Morgan fingerprint density at radius 2 is 1.81 bits per heavy atom. The average molecular weight is 852 g/mol. The summed E-state index contributed by atoms with van der Waals surface area (Å²) in [5, 5.41) is 37.7. The minimum atomic E-state index is -0.503. The van der Waals surface area contributed by atoms with Gasteiger partial charge < -0.3 is 34.8 Å². The monoisotopic (exact) mass is 851 g/mol. The summed E-state index contributed by atoms with van der Waals surface area (Å²) >= 11 is 0. The normalized spacial score (nSPS) is 21.3. The predicted octanol–water partition coefficient (Wildman–Crippen LogP) is 12.0. The Morgan fingerprint density at radius 3 is 2.63 bits per heavy atom.